The average Bonchev–Trinajstić information content (AvgIpc) is 2.58. The van der Waals surface area contributed by atoms with Crippen molar-refractivity contribution < 1.29 is 10.2 Å². The fourth-order valence-corrected chi connectivity index (χ4v) is 8.86. The number of hydrogen-bond acceptors (Lipinski definition) is 3. The second-order valence-electron chi connectivity index (χ2n) is 10.5. The van der Waals surface area contributed by atoms with Gasteiger partial charge in [0.05, 0.1) is 12.7 Å². The van der Waals surface area contributed by atoms with Crippen molar-refractivity contribution in [3.8, 4) is 0 Å². The van der Waals surface area contributed by atoms with Crippen molar-refractivity contribution in [2.75, 3.05) is 26.2 Å². The molecule has 25 heavy (non-hydrogen) atoms. The molecule has 4 bridgehead atoms. The van der Waals surface area contributed by atoms with Gasteiger partial charge in [0, 0.05) is 25.0 Å². The third-order valence-electron chi connectivity index (χ3n) is 9.63. The number of aliphatic hydroxyl groups excluding tert-OH is 2. The highest BCUT2D eigenvalue weighted by molar-refractivity contribution is 5.27. The molecule has 6 aliphatic rings. The van der Waals surface area contributed by atoms with Crippen LogP contribution in [0.4, 0.5) is 0 Å². The number of likely N-dealkylation sites (tertiary alicyclic amines) is 1. The van der Waals surface area contributed by atoms with E-state index in [1.165, 1.54) is 57.9 Å². The van der Waals surface area contributed by atoms with Gasteiger partial charge in [-0.05, 0) is 79.1 Å². The molecular formula is C22H35NO2. The number of piperidine rings is 1. The summed E-state index contributed by atoms with van der Waals surface area (Å²) in [5, 5.41) is 20.8. The van der Waals surface area contributed by atoms with Crippen LogP contribution >= 0.6 is 0 Å². The maximum absolute atomic E-state index is 11.2. The summed E-state index contributed by atoms with van der Waals surface area (Å²) in [5.41, 5.74) is 2.05. The maximum atomic E-state index is 11.2. The smallest absolute Gasteiger partial charge is 0.0809 e. The third-order valence-corrected chi connectivity index (χ3v) is 9.63. The monoisotopic (exact) mass is 345 g/mol. The van der Waals surface area contributed by atoms with Gasteiger partial charge in [0.15, 0.2) is 0 Å². The summed E-state index contributed by atoms with van der Waals surface area (Å²) < 4.78 is 0. The van der Waals surface area contributed by atoms with Crippen LogP contribution < -0.4 is 0 Å². The van der Waals surface area contributed by atoms with Gasteiger partial charge in [-0.2, -0.15) is 0 Å². The van der Waals surface area contributed by atoms with Crippen LogP contribution in [0.1, 0.15) is 58.3 Å². The highest BCUT2D eigenvalue weighted by Crippen LogP contribution is 2.73. The molecule has 3 nitrogen and oxygen atoms in total. The van der Waals surface area contributed by atoms with Crippen LogP contribution in [0.15, 0.2) is 12.2 Å². The lowest BCUT2D eigenvalue weighted by Gasteiger charge is -2.73. The van der Waals surface area contributed by atoms with Crippen LogP contribution in [-0.2, 0) is 0 Å². The molecule has 0 aromatic carbocycles. The minimum Gasteiger partial charge on any atom is -0.395 e. The molecule has 3 heteroatoms. The number of hydrogen-bond donors (Lipinski definition) is 2. The zero-order valence-corrected chi connectivity index (χ0v) is 15.8. The second-order valence-corrected chi connectivity index (χ2v) is 10.5. The SMILES string of the molecule is C=C1[C@H]2CC[C@@]3(CCC4[C@@]5(C)CCC[C@@]4(CN(CCO)C5)C3C2)[C@@H]1O. The number of aliphatic hydroxyl groups is 2. The van der Waals surface area contributed by atoms with Gasteiger partial charge in [-0.15, -0.1) is 0 Å². The molecule has 5 aliphatic carbocycles. The number of rotatable bonds is 2. The zero-order chi connectivity index (χ0) is 17.4. The van der Waals surface area contributed by atoms with Crippen LogP contribution in [0.2, 0.25) is 0 Å². The molecule has 0 aromatic rings. The topological polar surface area (TPSA) is 43.7 Å². The minimum atomic E-state index is -0.262. The molecule has 0 aromatic heterocycles. The molecule has 0 amide bonds. The largest absolute Gasteiger partial charge is 0.395 e. The van der Waals surface area contributed by atoms with E-state index in [-0.39, 0.29) is 18.1 Å². The van der Waals surface area contributed by atoms with E-state index in [0.29, 0.717) is 22.7 Å². The summed E-state index contributed by atoms with van der Waals surface area (Å²) in [6.45, 7) is 10.3. The number of fused-ring (bicyclic) bond motifs is 2. The van der Waals surface area contributed by atoms with Crippen molar-refractivity contribution in [3.63, 3.8) is 0 Å². The molecule has 0 radical (unpaired) electrons. The third kappa shape index (κ3) is 1.98. The Morgan fingerprint density at radius 1 is 1.08 bits per heavy atom. The predicted octanol–water partition coefficient (Wildman–Crippen LogP) is 3.21. The Morgan fingerprint density at radius 3 is 2.68 bits per heavy atom. The Hall–Kier alpha value is -0.380. The fourth-order valence-electron chi connectivity index (χ4n) is 8.86. The molecule has 140 valence electrons. The molecule has 1 heterocycles. The Kier molecular flexibility index (Phi) is 3.57. The van der Waals surface area contributed by atoms with Gasteiger partial charge in [0.1, 0.15) is 0 Å². The minimum absolute atomic E-state index is 0.114. The normalized spacial score (nSPS) is 54.9. The molecule has 7 atom stereocenters. The zero-order valence-electron chi connectivity index (χ0n) is 15.8. The summed E-state index contributed by atoms with van der Waals surface area (Å²) in [4.78, 5) is 2.57. The van der Waals surface area contributed by atoms with Gasteiger partial charge in [-0.1, -0.05) is 19.9 Å². The summed E-state index contributed by atoms with van der Waals surface area (Å²) in [5.74, 6) is 2.04. The van der Waals surface area contributed by atoms with E-state index in [1.54, 1.807) is 0 Å². The van der Waals surface area contributed by atoms with Crippen LogP contribution in [0.25, 0.3) is 0 Å². The lowest BCUT2D eigenvalue weighted by atomic mass is 9.35. The van der Waals surface area contributed by atoms with E-state index in [0.717, 1.165) is 24.6 Å². The maximum Gasteiger partial charge on any atom is 0.0809 e. The first-order valence-corrected chi connectivity index (χ1v) is 10.7. The van der Waals surface area contributed by atoms with Crippen molar-refractivity contribution in [1.29, 1.82) is 0 Å². The van der Waals surface area contributed by atoms with E-state index in [4.69, 9.17) is 0 Å². The Bertz CT molecular complexity index is 591. The first kappa shape index (κ1) is 16.8. The van der Waals surface area contributed by atoms with Gasteiger partial charge < -0.3 is 10.2 Å². The van der Waals surface area contributed by atoms with E-state index in [1.807, 2.05) is 0 Å². The van der Waals surface area contributed by atoms with Gasteiger partial charge in [0.25, 0.3) is 0 Å². The van der Waals surface area contributed by atoms with Crippen molar-refractivity contribution >= 4 is 0 Å². The van der Waals surface area contributed by atoms with Crippen molar-refractivity contribution in [2.45, 2.75) is 64.4 Å². The average molecular weight is 346 g/mol. The standard InChI is InChI=1S/C22H35NO2/c1-15-16-4-8-21(19(15)25)9-5-17-20(2)6-3-7-22(17,18(21)12-16)14-23(13-20)10-11-24/h16-19,24-25H,1,3-14H2,2H3/t16-,17?,18?,19+,20-,21-,22-/m0/s1. The number of β-amino-alcohol motifs (C(OH)–C–C–N with tert-alkyl or cyclic N) is 1. The lowest BCUT2D eigenvalue weighted by molar-refractivity contribution is -0.240. The van der Waals surface area contributed by atoms with Crippen molar-refractivity contribution in [1.82, 2.24) is 4.90 Å². The Morgan fingerprint density at radius 2 is 1.88 bits per heavy atom. The van der Waals surface area contributed by atoms with E-state index in [9.17, 15) is 10.2 Å². The molecule has 5 saturated carbocycles. The van der Waals surface area contributed by atoms with Gasteiger partial charge in [0.2, 0.25) is 0 Å². The molecule has 6 rings (SSSR count). The molecule has 1 aliphatic heterocycles. The summed E-state index contributed by atoms with van der Waals surface area (Å²) >= 11 is 0. The number of nitrogens with zero attached hydrogens (tertiary/aromatic N) is 1. The summed E-state index contributed by atoms with van der Waals surface area (Å²) in [6.07, 6.45) is 10.0. The Balaban J connectivity index is 1.59. The van der Waals surface area contributed by atoms with Crippen LogP contribution in [-0.4, -0.2) is 47.5 Å². The first-order valence-electron chi connectivity index (χ1n) is 10.7. The van der Waals surface area contributed by atoms with Crippen molar-refractivity contribution in [2.24, 2.45) is 34.0 Å². The van der Waals surface area contributed by atoms with E-state index < -0.39 is 0 Å². The molecule has 2 unspecified atom stereocenters. The Labute approximate surface area is 152 Å². The van der Waals surface area contributed by atoms with Crippen LogP contribution in [0, 0.1) is 34.0 Å². The molecular weight excluding hydrogens is 310 g/mol. The summed E-state index contributed by atoms with van der Waals surface area (Å²) in [7, 11) is 0. The van der Waals surface area contributed by atoms with Crippen LogP contribution in [0.3, 0.4) is 0 Å². The summed E-state index contributed by atoms with van der Waals surface area (Å²) in [6, 6.07) is 0. The molecule has 1 spiro atoms. The highest BCUT2D eigenvalue weighted by Gasteiger charge is 2.69. The van der Waals surface area contributed by atoms with Gasteiger partial charge in [-0.25, -0.2) is 0 Å². The van der Waals surface area contributed by atoms with Gasteiger partial charge in [-0.3, -0.25) is 4.90 Å². The fraction of sp³-hybridized carbons (Fsp3) is 0.909. The molecule has 6 fully saturated rings. The van der Waals surface area contributed by atoms with E-state index >= 15 is 0 Å². The predicted molar refractivity (Wildman–Crippen MR) is 99.1 cm³/mol. The van der Waals surface area contributed by atoms with Crippen LogP contribution in [0.5, 0.6) is 0 Å². The highest BCUT2D eigenvalue weighted by atomic mass is 16.3. The van der Waals surface area contributed by atoms with Gasteiger partial charge >= 0.3 is 0 Å². The molecule has 2 N–H and O–H groups in total. The quantitative estimate of drug-likeness (QED) is 0.755. The van der Waals surface area contributed by atoms with E-state index in [2.05, 4.69) is 18.4 Å². The first-order chi connectivity index (χ1) is 12.0. The second kappa shape index (κ2) is 5.33. The lowest BCUT2D eigenvalue weighted by Crippen LogP contribution is -2.71. The van der Waals surface area contributed by atoms with Crippen molar-refractivity contribution in [3.05, 3.63) is 12.2 Å². The molecule has 1 saturated heterocycles.